The Morgan fingerprint density at radius 3 is 2.41 bits per heavy atom. The van der Waals surface area contributed by atoms with Gasteiger partial charge in [0.2, 0.25) is 0 Å². The van der Waals surface area contributed by atoms with E-state index in [0.29, 0.717) is 30.1 Å². The summed E-state index contributed by atoms with van der Waals surface area (Å²) < 4.78 is 4.85. The first-order valence-electron chi connectivity index (χ1n) is 12.2. The molecule has 0 aromatic carbocycles. The molecule has 10 atom stereocenters. The van der Waals surface area contributed by atoms with Crippen LogP contribution in [0, 0.1) is 46.3 Å². The predicted molar refractivity (Wildman–Crippen MR) is 113 cm³/mol. The molecular formula is C25H42O4. The third-order valence-corrected chi connectivity index (χ3v) is 10.5. The fourth-order valence-corrected chi connectivity index (χ4v) is 8.94. The molecule has 166 valence electrons. The molecule has 4 nitrogen and oxygen atoms in total. The van der Waals surface area contributed by atoms with Gasteiger partial charge < -0.3 is 14.9 Å². The van der Waals surface area contributed by atoms with Gasteiger partial charge in [0.05, 0.1) is 19.3 Å². The molecule has 4 aliphatic carbocycles. The summed E-state index contributed by atoms with van der Waals surface area (Å²) in [5.74, 6) is 2.53. The molecule has 0 heterocycles. The largest absolute Gasteiger partial charge is 0.469 e. The lowest BCUT2D eigenvalue weighted by Gasteiger charge is -2.63. The summed E-state index contributed by atoms with van der Waals surface area (Å²) in [5, 5.41) is 22.4. The van der Waals surface area contributed by atoms with Crippen molar-refractivity contribution >= 4 is 5.97 Å². The highest BCUT2D eigenvalue weighted by molar-refractivity contribution is 5.69. The Balaban J connectivity index is 1.56. The zero-order valence-electron chi connectivity index (χ0n) is 18.9. The molecule has 0 saturated heterocycles. The molecule has 0 aliphatic heterocycles. The van der Waals surface area contributed by atoms with E-state index >= 15 is 0 Å². The molecular weight excluding hydrogens is 364 g/mol. The smallest absolute Gasteiger partial charge is 0.305 e. The number of rotatable bonds is 4. The SMILES string of the molecule is COC(=O)CC[C@H](C)[C@H]1CCC2C3C(O)[C@@H](O)[C@@H]4CCCC[C@]4(C)C3CC[C@@]21C. The van der Waals surface area contributed by atoms with Crippen LogP contribution >= 0.6 is 0 Å². The molecule has 4 aliphatic rings. The van der Waals surface area contributed by atoms with Crippen LogP contribution in [0.2, 0.25) is 0 Å². The molecule has 0 bridgehead atoms. The van der Waals surface area contributed by atoms with Gasteiger partial charge in [0, 0.05) is 6.42 Å². The molecule has 4 unspecified atom stereocenters. The summed E-state index contributed by atoms with van der Waals surface area (Å²) >= 11 is 0. The lowest BCUT2D eigenvalue weighted by Crippen LogP contribution is -2.63. The predicted octanol–water partition coefficient (Wildman–Crippen LogP) is 4.57. The number of hydrogen-bond acceptors (Lipinski definition) is 4. The molecule has 4 heteroatoms. The average Bonchev–Trinajstić information content (AvgIpc) is 3.06. The maximum absolute atomic E-state index is 11.6. The van der Waals surface area contributed by atoms with E-state index in [1.54, 1.807) is 0 Å². The van der Waals surface area contributed by atoms with Gasteiger partial charge in [0.25, 0.3) is 0 Å². The third-order valence-electron chi connectivity index (χ3n) is 10.5. The standard InChI is InChI=1S/C25H42O4/c1-15(8-11-20(26)29-4)16-9-10-17-21-18(12-14-25(16,17)3)24(2)13-6-5-7-19(24)22(27)23(21)28/h15-19,21-23,27-28H,5-14H2,1-4H3/t15-,16+,17?,18?,19-,21?,22-,23?,24+,25+/m0/s1. The van der Waals surface area contributed by atoms with Crippen LogP contribution in [0.5, 0.6) is 0 Å². The minimum atomic E-state index is -0.565. The number of carbonyl (C=O) groups excluding carboxylic acids is 1. The van der Waals surface area contributed by atoms with Crippen LogP contribution in [0.15, 0.2) is 0 Å². The third kappa shape index (κ3) is 3.28. The Morgan fingerprint density at radius 1 is 0.966 bits per heavy atom. The van der Waals surface area contributed by atoms with Crippen molar-refractivity contribution in [3.63, 3.8) is 0 Å². The zero-order chi connectivity index (χ0) is 21.0. The van der Waals surface area contributed by atoms with E-state index in [-0.39, 0.29) is 28.6 Å². The monoisotopic (exact) mass is 406 g/mol. The van der Waals surface area contributed by atoms with Crippen molar-refractivity contribution in [1.29, 1.82) is 0 Å². The number of esters is 1. The zero-order valence-corrected chi connectivity index (χ0v) is 18.9. The van der Waals surface area contributed by atoms with Crippen LogP contribution in [0.3, 0.4) is 0 Å². The Hall–Kier alpha value is -0.610. The van der Waals surface area contributed by atoms with E-state index < -0.39 is 12.2 Å². The van der Waals surface area contributed by atoms with E-state index in [1.807, 2.05) is 0 Å². The minimum absolute atomic E-state index is 0.109. The molecule has 0 amide bonds. The van der Waals surface area contributed by atoms with Gasteiger partial charge in [-0.15, -0.1) is 0 Å². The van der Waals surface area contributed by atoms with E-state index in [4.69, 9.17) is 4.74 Å². The van der Waals surface area contributed by atoms with Gasteiger partial charge in [-0.25, -0.2) is 0 Å². The van der Waals surface area contributed by atoms with Crippen molar-refractivity contribution in [1.82, 2.24) is 0 Å². The number of hydrogen-bond donors (Lipinski definition) is 2. The van der Waals surface area contributed by atoms with Crippen LogP contribution in [0.1, 0.15) is 85.0 Å². The Kier molecular flexibility index (Phi) is 5.83. The molecule has 0 aromatic heterocycles. The molecule has 4 rings (SSSR count). The molecule has 2 N–H and O–H groups in total. The fourth-order valence-electron chi connectivity index (χ4n) is 8.94. The molecule has 0 spiro atoms. The maximum atomic E-state index is 11.6. The number of ether oxygens (including phenoxy) is 1. The molecule has 4 fully saturated rings. The van der Waals surface area contributed by atoms with Gasteiger partial charge >= 0.3 is 5.97 Å². The molecule has 0 radical (unpaired) electrons. The first-order chi connectivity index (χ1) is 13.7. The van der Waals surface area contributed by atoms with Gasteiger partial charge in [0.15, 0.2) is 0 Å². The van der Waals surface area contributed by atoms with E-state index in [1.165, 1.54) is 45.6 Å². The van der Waals surface area contributed by atoms with Crippen LogP contribution in [0.25, 0.3) is 0 Å². The Bertz CT molecular complexity index is 620. The van der Waals surface area contributed by atoms with Gasteiger partial charge in [-0.3, -0.25) is 4.79 Å². The van der Waals surface area contributed by atoms with Gasteiger partial charge in [-0.05, 0) is 91.3 Å². The minimum Gasteiger partial charge on any atom is -0.469 e. The number of fused-ring (bicyclic) bond motifs is 5. The van der Waals surface area contributed by atoms with Gasteiger partial charge in [-0.1, -0.05) is 33.6 Å². The number of methoxy groups -OCH3 is 1. The summed E-state index contributed by atoms with van der Waals surface area (Å²) in [6.07, 6.45) is 9.80. The molecule has 29 heavy (non-hydrogen) atoms. The van der Waals surface area contributed by atoms with Crippen molar-refractivity contribution in [3.05, 3.63) is 0 Å². The number of carbonyl (C=O) groups is 1. The quantitative estimate of drug-likeness (QED) is 0.671. The second-order valence-corrected chi connectivity index (χ2v) is 11.5. The first-order valence-corrected chi connectivity index (χ1v) is 12.2. The summed E-state index contributed by atoms with van der Waals surface area (Å²) in [5.41, 5.74) is 0.409. The topological polar surface area (TPSA) is 66.8 Å². The van der Waals surface area contributed by atoms with E-state index in [2.05, 4.69) is 20.8 Å². The van der Waals surface area contributed by atoms with Gasteiger partial charge in [0.1, 0.15) is 0 Å². The van der Waals surface area contributed by atoms with Crippen molar-refractivity contribution < 1.29 is 19.7 Å². The Morgan fingerprint density at radius 2 is 1.69 bits per heavy atom. The highest BCUT2D eigenvalue weighted by Gasteiger charge is 2.64. The lowest BCUT2D eigenvalue weighted by atomic mass is 9.43. The Labute approximate surface area is 176 Å². The number of aliphatic hydroxyl groups is 2. The van der Waals surface area contributed by atoms with Crippen LogP contribution in [0.4, 0.5) is 0 Å². The summed E-state index contributed by atoms with van der Waals surface area (Å²) in [7, 11) is 1.47. The van der Waals surface area contributed by atoms with Crippen LogP contribution in [-0.4, -0.2) is 35.5 Å². The van der Waals surface area contributed by atoms with Crippen molar-refractivity contribution in [3.8, 4) is 0 Å². The normalized spacial score (nSPS) is 50.2. The molecule has 0 aromatic rings. The fraction of sp³-hybridized carbons (Fsp3) is 0.960. The summed E-state index contributed by atoms with van der Waals surface area (Å²) in [6, 6.07) is 0. The van der Waals surface area contributed by atoms with Crippen molar-refractivity contribution in [2.75, 3.05) is 7.11 Å². The second kappa shape index (κ2) is 7.82. The average molecular weight is 407 g/mol. The van der Waals surface area contributed by atoms with Crippen molar-refractivity contribution in [2.45, 2.75) is 97.2 Å². The molecule has 4 saturated carbocycles. The van der Waals surface area contributed by atoms with Crippen LogP contribution in [-0.2, 0) is 9.53 Å². The highest BCUT2D eigenvalue weighted by Crippen LogP contribution is 2.68. The first kappa shape index (κ1) is 21.6. The maximum Gasteiger partial charge on any atom is 0.305 e. The van der Waals surface area contributed by atoms with Crippen molar-refractivity contribution in [2.24, 2.45) is 46.3 Å². The van der Waals surface area contributed by atoms with Gasteiger partial charge in [-0.2, -0.15) is 0 Å². The number of aliphatic hydroxyl groups excluding tert-OH is 2. The second-order valence-electron chi connectivity index (χ2n) is 11.5. The van der Waals surface area contributed by atoms with Crippen LogP contribution < -0.4 is 0 Å². The van der Waals surface area contributed by atoms with E-state index in [0.717, 1.165) is 19.3 Å². The highest BCUT2D eigenvalue weighted by atomic mass is 16.5. The lowest BCUT2D eigenvalue weighted by molar-refractivity contribution is -0.215. The summed E-state index contributed by atoms with van der Waals surface area (Å²) in [6.45, 7) is 7.18. The summed E-state index contributed by atoms with van der Waals surface area (Å²) in [4.78, 5) is 11.6. The van der Waals surface area contributed by atoms with E-state index in [9.17, 15) is 15.0 Å².